The van der Waals surface area contributed by atoms with Gasteiger partial charge in [-0.05, 0) is 50.8 Å². The maximum Gasteiger partial charge on any atom is 0.472 e. The maximum absolute atomic E-state index is 14.6. The van der Waals surface area contributed by atoms with Gasteiger partial charge in [-0.15, -0.1) is 0 Å². The van der Waals surface area contributed by atoms with Gasteiger partial charge >= 0.3 is 38.3 Å². The van der Waals surface area contributed by atoms with E-state index < -0.39 is 162 Å². The van der Waals surface area contributed by atoms with Crippen LogP contribution in [0.15, 0.2) is 44.2 Å². The molecule has 4 aliphatic heterocycles. The zero-order chi connectivity index (χ0) is 71.7. The van der Waals surface area contributed by atoms with Crippen molar-refractivity contribution in [1.29, 1.82) is 0 Å². The average Bonchev–Trinajstić information content (AvgIpc) is 1.65. The average molecular weight is 1500 g/mol. The number of aromatic amines is 2. The van der Waals surface area contributed by atoms with Crippen LogP contribution < -0.4 is 39.8 Å². The molecule has 0 amide bonds. The summed E-state index contributed by atoms with van der Waals surface area (Å²) in [6.07, 6.45) is -16.6. The summed E-state index contributed by atoms with van der Waals surface area (Å²) >= 11 is 11.3. The van der Waals surface area contributed by atoms with Crippen LogP contribution in [-0.4, -0.2) is 243 Å². The quantitative estimate of drug-likeness (QED) is 0.0174. The molecule has 4 aliphatic rings. The molecular weight excluding hydrogens is 1420 g/mol. The van der Waals surface area contributed by atoms with Crippen LogP contribution >= 0.6 is 21.3 Å². The van der Waals surface area contributed by atoms with Gasteiger partial charge in [-0.1, -0.05) is 13.3 Å². The van der Waals surface area contributed by atoms with Crippen molar-refractivity contribution in [1.82, 2.24) is 48.6 Å². The molecule has 5 aromatic rings. The topological polar surface area (TPSA) is 521 Å². The van der Waals surface area contributed by atoms with Crippen LogP contribution in [-0.2, 0) is 112 Å². The Balaban J connectivity index is 1.01. The molecule has 552 valence electrons. The number of aliphatic hydroxyl groups excluding tert-OH is 1. The monoisotopic (exact) mass is 1500 g/mol. The third-order valence-corrected chi connectivity index (χ3v) is 20.3. The molecule has 9 heterocycles. The van der Waals surface area contributed by atoms with Gasteiger partial charge in [0.2, 0.25) is 0 Å². The number of phosphoric ester groups is 1. The molecule has 0 aromatic carbocycles. The number of methoxy groups -OCH3 is 4. The van der Waals surface area contributed by atoms with E-state index in [0.29, 0.717) is 17.5 Å². The molecule has 7 unspecified atom stereocenters. The van der Waals surface area contributed by atoms with Crippen molar-refractivity contribution in [2.24, 2.45) is 0 Å². The minimum Gasteiger partial charge on any atom is -0.387 e. The third kappa shape index (κ3) is 18.9. The predicted octanol–water partition coefficient (Wildman–Crippen LogP) is -0.752. The Labute approximate surface area is 574 Å². The first kappa shape index (κ1) is 78.2. The number of imidazole rings is 1. The summed E-state index contributed by atoms with van der Waals surface area (Å²) in [7, 11) is 0.327. The first-order chi connectivity index (χ1) is 47.1. The van der Waals surface area contributed by atoms with E-state index in [-0.39, 0.29) is 99.2 Å². The van der Waals surface area contributed by atoms with Crippen LogP contribution in [0.5, 0.6) is 0 Å². The summed E-state index contributed by atoms with van der Waals surface area (Å²) in [5.41, 5.74) is 16.0. The molecule has 0 bridgehead atoms. The molecular formula is C54H82N13O27P3S2. The smallest absolute Gasteiger partial charge is 0.387 e. The number of nitrogens with one attached hydrogen (secondary N) is 2. The van der Waals surface area contributed by atoms with Crippen molar-refractivity contribution in [3.8, 4) is 0 Å². The van der Waals surface area contributed by atoms with Gasteiger partial charge in [0.15, 0.2) is 30.1 Å². The van der Waals surface area contributed by atoms with E-state index in [1.54, 1.807) is 13.8 Å². The molecule has 5 aromatic heterocycles. The molecule has 4 fully saturated rings. The number of ether oxygens (including phenoxy) is 12. The third-order valence-electron chi connectivity index (χ3n) is 16.2. The molecule has 0 aliphatic carbocycles. The molecule has 9 rings (SSSR count). The number of aromatic nitrogens is 10. The van der Waals surface area contributed by atoms with Gasteiger partial charge in [-0.25, -0.2) is 33.9 Å². The molecule has 40 nitrogen and oxygen atoms in total. The second-order valence-corrected chi connectivity index (χ2v) is 29.9. The summed E-state index contributed by atoms with van der Waals surface area (Å²) in [6.45, 7) is -6.09. The van der Waals surface area contributed by atoms with Crippen molar-refractivity contribution in [2.45, 2.75) is 139 Å². The van der Waals surface area contributed by atoms with Gasteiger partial charge in [-0.3, -0.25) is 41.6 Å². The largest absolute Gasteiger partial charge is 0.472 e. The highest BCUT2D eigenvalue weighted by Gasteiger charge is 2.56. The van der Waals surface area contributed by atoms with Crippen molar-refractivity contribution >= 4 is 73.5 Å². The molecule has 0 saturated carbocycles. The number of hydrogen-bond acceptors (Lipinski definition) is 34. The Morgan fingerprint density at radius 3 is 1.65 bits per heavy atom. The van der Waals surface area contributed by atoms with Crippen LogP contribution in [0, 0.1) is 20.8 Å². The summed E-state index contributed by atoms with van der Waals surface area (Å²) in [5.74, 6) is -0.161. The number of nitrogen functional groups attached to an aromatic ring is 3. The van der Waals surface area contributed by atoms with Gasteiger partial charge in [0.1, 0.15) is 96.7 Å². The van der Waals surface area contributed by atoms with Crippen LogP contribution in [0.2, 0.25) is 0 Å². The van der Waals surface area contributed by atoms with Crippen LogP contribution in [0.1, 0.15) is 66.9 Å². The van der Waals surface area contributed by atoms with Crippen molar-refractivity contribution < 1.29 is 108 Å². The van der Waals surface area contributed by atoms with Gasteiger partial charge < -0.3 is 108 Å². The number of aliphatic hydroxyl groups is 1. The van der Waals surface area contributed by atoms with Crippen LogP contribution in [0.4, 0.5) is 17.5 Å². The fourth-order valence-electron chi connectivity index (χ4n) is 11.4. The summed E-state index contributed by atoms with van der Waals surface area (Å²) in [6, 6.07) is 0. The molecule has 0 spiro atoms. The Morgan fingerprint density at radius 1 is 0.576 bits per heavy atom. The first-order valence-electron chi connectivity index (χ1n) is 30.8. The number of aryl methyl sites for hydroxylation is 2. The SMILES string of the molecule is CCC[C@H]1O[C@@H](n2cnc3c(N)ncnc32)[C@@H](OCCOC)C1OP(=O)(O)OC[C@H]1O[C@@H](n2cc(C)c(N)nc2=O)[C@@H](OCCOC)C1OP(O)(=S)OC[C@H]1O[C@@H](n2cc(C)c(=O)[nH]c2=O)[C@@H](OCCOC)C1OP(O)(=S)OC[C@H]1O[C@@H](c2[nH]c(=O)nc(N)c2C)[C@@H](OCCOC)C1O. The zero-order valence-electron chi connectivity index (χ0n) is 54.9. The van der Waals surface area contributed by atoms with E-state index >= 15 is 0 Å². The number of phosphoric acid groups is 1. The number of anilines is 3. The van der Waals surface area contributed by atoms with E-state index in [2.05, 4.69) is 34.9 Å². The minimum atomic E-state index is -5.33. The first-order valence-corrected chi connectivity index (χ1v) is 37.5. The Hall–Kier alpha value is -4.96. The molecule has 0 radical (unpaired) electrons. The normalized spacial score (nSPS) is 29.0. The number of nitrogens with zero attached hydrogens (tertiary/aromatic N) is 8. The highest BCUT2D eigenvalue weighted by Crippen LogP contribution is 2.55. The lowest BCUT2D eigenvalue weighted by molar-refractivity contribution is -0.0841. The Kier molecular flexibility index (Phi) is 27.3. The fourth-order valence-corrected chi connectivity index (χ4v) is 15.2. The lowest BCUT2D eigenvalue weighted by atomic mass is 10.0. The van der Waals surface area contributed by atoms with Gasteiger partial charge in [0.25, 0.3) is 5.56 Å². The highest BCUT2D eigenvalue weighted by molar-refractivity contribution is 8.07. The predicted molar refractivity (Wildman–Crippen MR) is 349 cm³/mol. The van der Waals surface area contributed by atoms with Gasteiger partial charge in [0.05, 0.1) is 90.8 Å². The second-order valence-electron chi connectivity index (χ2n) is 22.9. The second kappa shape index (κ2) is 34.5. The van der Waals surface area contributed by atoms with E-state index in [0.717, 1.165) is 9.13 Å². The Morgan fingerprint density at radius 2 is 1.08 bits per heavy atom. The molecule has 19 atom stereocenters. The maximum atomic E-state index is 14.6. The van der Waals surface area contributed by atoms with E-state index in [9.17, 15) is 43.5 Å². The number of hydrogen-bond donors (Lipinski definition) is 9. The highest BCUT2D eigenvalue weighted by atomic mass is 32.5. The Bertz CT molecular complexity index is 3950. The van der Waals surface area contributed by atoms with Crippen LogP contribution in [0.25, 0.3) is 11.2 Å². The number of fused-ring (bicyclic) bond motifs is 1. The van der Waals surface area contributed by atoms with E-state index in [1.807, 2.05) is 6.92 Å². The summed E-state index contributed by atoms with van der Waals surface area (Å²) in [4.78, 5) is 114. The van der Waals surface area contributed by atoms with Crippen molar-refractivity contribution in [3.63, 3.8) is 0 Å². The number of rotatable bonds is 37. The number of H-pyrrole nitrogens is 2. The minimum absolute atomic E-state index is 0.0351. The molecule has 4 saturated heterocycles. The van der Waals surface area contributed by atoms with Gasteiger partial charge in [-0.2, -0.15) is 9.97 Å². The van der Waals surface area contributed by atoms with E-state index in [4.69, 9.17) is 125 Å². The fraction of sp³-hybridized carbons (Fsp3) is 0.685. The molecule has 12 N–H and O–H groups in total. The van der Waals surface area contributed by atoms with Crippen LogP contribution in [0.3, 0.4) is 0 Å². The summed E-state index contributed by atoms with van der Waals surface area (Å²) < 4.78 is 126. The number of nitrogens with two attached hydrogens (primary N) is 3. The lowest BCUT2D eigenvalue weighted by Gasteiger charge is -2.30. The van der Waals surface area contributed by atoms with Crippen molar-refractivity contribution in [3.05, 3.63) is 89.2 Å². The summed E-state index contributed by atoms with van der Waals surface area (Å²) in [5, 5.41) is 11.7. The molecule has 99 heavy (non-hydrogen) atoms. The van der Waals surface area contributed by atoms with Crippen molar-refractivity contribution in [2.75, 3.05) is 118 Å². The zero-order valence-corrected chi connectivity index (χ0v) is 59.2. The van der Waals surface area contributed by atoms with Gasteiger partial charge in [0, 0.05) is 57.5 Å². The standard InChI is InChI=1S/C54H82N13O27P3S2/c1-9-10-29-36(41(82-16-12-78-6)51(89-29)67-25-60-34-46(57)58-24-59-47(34)67)92-95(73,74)85-22-31-37(42(83-17-13-79-7)49(90-31)65-19-26(2)44(55)63-53(65)71)93-97(76,99)87-23-32-38(43(84-18-14-80-8)50(91-32)66-20-27(3)48(69)64-54(66)72)94-96(75,98)86-21-30-35(68)40(81-15-11-77-5)39(88-30)33-28(4)45(56)62-52(70)61-33/h19-20,24-25,29-32,35-43,49-51,68H,9-18,21-23H2,1-8H3,(H,73,74)(H,75,98)(H,76,99)(H2,55,63,71)(H2,57,58,59)(H,64,69,72)(H3,56,61,62,70)/t29-,30-,31-,32-,35?,36?,37?,38?,39+,40+,41+,42+,43+,49-,50-,51-,96?,97?/m1/s1. The van der Waals surface area contributed by atoms with E-state index in [1.165, 1.54) is 65.0 Å². The lowest BCUT2D eigenvalue weighted by Crippen LogP contribution is -2.42. The molecule has 45 heteroatoms.